The Balaban J connectivity index is 1.78. The average molecular weight is 308 g/mol. The summed E-state index contributed by atoms with van der Waals surface area (Å²) in [6.45, 7) is 0.331. The third-order valence-corrected chi connectivity index (χ3v) is 3.18. The monoisotopic (exact) mass is 308 g/mol. The maximum absolute atomic E-state index is 13.4. The van der Waals surface area contributed by atoms with Crippen molar-refractivity contribution in [1.82, 2.24) is 10.3 Å². The summed E-state index contributed by atoms with van der Waals surface area (Å²) in [6.07, 6.45) is 5.80. The van der Waals surface area contributed by atoms with E-state index in [-0.39, 0.29) is 0 Å². The molecule has 116 valence electrons. The maximum Gasteiger partial charge on any atom is 0.254 e. The first-order valence-electron chi connectivity index (χ1n) is 6.90. The number of halogens is 3. The predicted molar refractivity (Wildman–Crippen MR) is 75.8 cm³/mol. The van der Waals surface area contributed by atoms with E-state index in [1.54, 1.807) is 12.4 Å². The number of aromatic nitrogens is 1. The SMILES string of the molecule is O=C(NCCCCc1cccnc1)c1ccc(F)c(F)c1F. The lowest BCUT2D eigenvalue weighted by Crippen LogP contribution is -2.26. The summed E-state index contributed by atoms with van der Waals surface area (Å²) in [4.78, 5) is 15.7. The molecule has 0 spiro atoms. The Morgan fingerprint density at radius 3 is 2.64 bits per heavy atom. The van der Waals surface area contributed by atoms with Crippen LogP contribution in [0, 0.1) is 17.5 Å². The molecule has 0 aliphatic heterocycles. The third kappa shape index (κ3) is 4.07. The molecule has 2 rings (SSSR count). The van der Waals surface area contributed by atoms with Crippen molar-refractivity contribution >= 4 is 5.91 Å². The molecule has 6 heteroatoms. The van der Waals surface area contributed by atoms with Crippen molar-refractivity contribution in [3.63, 3.8) is 0 Å². The van der Waals surface area contributed by atoms with Crippen LogP contribution in [0.15, 0.2) is 36.7 Å². The second-order valence-corrected chi connectivity index (χ2v) is 4.80. The molecule has 3 nitrogen and oxygen atoms in total. The highest BCUT2D eigenvalue weighted by atomic mass is 19.2. The van der Waals surface area contributed by atoms with Crippen LogP contribution >= 0.6 is 0 Å². The van der Waals surface area contributed by atoms with Gasteiger partial charge in [-0.2, -0.15) is 0 Å². The van der Waals surface area contributed by atoms with Gasteiger partial charge in [0.2, 0.25) is 0 Å². The number of benzene rings is 1. The summed E-state index contributed by atoms with van der Waals surface area (Å²) >= 11 is 0. The van der Waals surface area contributed by atoms with Gasteiger partial charge in [-0.3, -0.25) is 9.78 Å². The molecular formula is C16H15F3N2O. The van der Waals surface area contributed by atoms with Crippen molar-refractivity contribution in [1.29, 1.82) is 0 Å². The largest absolute Gasteiger partial charge is 0.352 e. The van der Waals surface area contributed by atoms with Crippen LogP contribution in [0.1, 0.15) is 28.8 Å². The number of hydrogen-bond donors (Lipinski definition) is 1. The molecule has 0 saturated heterocycles. The van der Waals surface area contributed by atoms with E-state index in [0.29, 0.717) is 13.0 Å². The highest BCUT2D eigenvalue weighted by Crippen LogP contribution is 2.15. The number of amides is 1. The Kier molecular flexibility index (Phi) is 5.52. The van der Waals surface area contributed by atoms with Crippen LogP contribution in [0.2, 0.25) is 0 Å². The van der Waals surface area contributed by atoms with Crippen LogP contribution in [-0.4, -0.2) is 17.4 Å². The van der Waals surface area contributed by atoms with Gasteiger partial charge in [-0.25, -0.2) is 13.2 Å². The van der Waals surface area contributed by atoms with Crippen LogP contribution in [0.4, 0.5) is 13.2 Å². The van der Waals surface area contributed by atoms with Crippen LogP contribution in [0.3, 0.4) is 0 Å². The summed E-state index contributed by atoms with van der Waals surface area (Å²) < 4.78 is 39.3. The molecule has 22 heavy (non-hydrogen) atoms. The van der Waals surface area contributed by atoms with Crippen molar-refractivity contribution in [2.45, 2.75) is 19.3 Å². The Morgan fingerprint density at radius 1 is 1.09 bits per heavy atom. The quantitative estimate of drug-likeness (QED) is 0.657. The fourth-order valence-corrected chi connectivity index (χ4v) is 2.00. The van der Waals surface area contributed by atoms with Gasteiger partial charge in [-0.1, -0.05) is 6.07 Å². The Morgan fingerprint density at radius 2 is 1.91 bits per heavy atom. The van der Waals surface area contributed by atoms with E-state index in [4.69, 9.17) is 0 Å². The zero-order chi connectivity index (χ0) is 15.9. The second-order valence-electron chi connectivity index (χ2n) is 4.80. The zero-order valence-electron chi connectivity index (χ0n) is 11.8. The summed E-state index contributed by atoms with van der Waals surface area (Å²) in [6, 6.07) is 5.47. The molecule has 0 aliphatic carbocycles. The standard InChI is InChI=1S/C16H15F3N2O/c17-13-7-6-12(14(18)15(13)19)16(22)21-9-2-1-4-11-5-3-8-20-10-11/h3,5-8,10H,1-2,4,9H2,(H,21,22). The van der Waals surface area contributed by atoms with Gasteiger partial charge in [-0.05, 0) is 43.0 Å². The molecule has 0 bridgehead atoms. The molecule has 1 amide bonds. The third-order valence-electron chi connectivity index (χ3n) is 3.18. The van der Waals surface area contributed by atoms with Crippen molar-refractivity contribution < 1.29 is 18.0 Å². The maximum atomic E-state index is 13.4. The lowest BCUT2D eigenvalue weighted by Gasteiger charge is -2.07. The van der Waals surface area contributed by atoms with E-state index in [9.17, 15) is 18.0 Å². The molecule has 0 radical (unpaired) electrons. The number of carbonyl (C=O) groups is 1. The van der Waals surface area contributed by atoms with Crippen molar-refractivity contribution in [3.05, 3.63) is 65.2 Å². The fourth-order valence-electron chi connectivity index (χ4n) is 2.00. The average Bonchev–Trinajstić information content (AvgIpc) is 2.53. The van der Waals surface area contributed by atoms with Gasteiger partial charge in [0.15, 0.2) is 17.5 Å². The zero-order valence-corrected chi connectivity index (χ0v) is 11.8. The fraction of sp³-hybridized carbons (Fsp3) is 0.250. The summed E-state index contributed by atoms with van der Waals surface area (Å²) in [5.41, 5.74) is 0.603. The van der Waals surface area contributed by atoms with E-state index in [2.05, 4.69) is 10.3 Å². The van der Waals surface area contributed by atoms with E-state index >= 15 is 0 Å². The number of carbonyl (C=O) groups excluding carboxylic acids is 1. The molecular weight excluding hydrogens is 293 g/mol. The van der Waals surface area contributed by atoms with Crippen molar-refractivity contribution in [3.8, 4) is 0 Å². The minimum Gasteiger partial charge on any atom is -0.352 e. The molecule has 0 unspecified atom stereocenters. The summed E-state index contributed by atoms with van der Waals surface area (Å²) in [5.74, 6) is -5.17. The van der Waals surface area contributed by atoms with Gasteiger partial charge >= 0.3 is 0 Å². The second kappa shape index (κ2) is 7.59. The predicted octanol–water partition coefficient (Wildman–Crippen LogP) is 3.25. The number of rotatable bonds is 6. The number of nitrogens with one attached hydrogen (secondary N) is 1. The summed E-state index contributed by atoms with van der Waals surface area (Å²) in [5, 5.41) is 2.49. The van der Waals surface area contributed by atoms with Crippen molar-refractivity contribution in [2.24, 2.45) is 0 Å². The minimum absolute atomic E-state index is 0.331. The molecule has 1 N–H and O–H groups in total. The van der Waals surface area contributed by atoms with Crippen molar-refractivity contribution in [2.75, 3.05) is 6.54 Å². The van der Waals surface area contributed by atoms with Crippen LogP contribution < -0.4 is 5.32 Å². The first kappa shape index (κ1) is 16.0. The van der Waals surface area contributed by atoms with E-state index in [1.807, 2.05) is 12.1 Å². The number of pyridine rings is 1. The molecule has 1 heterocycles. The normalized spacial score (nSPS) is 10.5. The van der Waals surface area contributed by atoms with E-state index in [0.717, 1.165) is 30.5 Å². The molecule has 1 aromatic carbocycles. The van der Waals surface area contributed by atoms with Gasteiger partial charge < -0.3 is 5.32 Å². The first-order chi connectivity index (χ1) is 10.6. The smallest absolute Gasteiger partial charge is 0.254 e. The van der Waals surface area contributed by atoms with Crippen LogP contribution in [0.5, 0.6) is 0 Å². The topological polar surface area (TPSA) is 42.0 Å². The van der Waals surface area contributed by atoms with Gasteiger partial charge in [0, 0.05) is 18.9 Å². The Labute approximate surface area is 126 Å². The van der Waals surface area contributed by atoms with Gasteiger partial charge in [0.1, 0.15) is 0 Å². The van der Waals surface area contributed by atoms with Crippen LogP contribution in [-0.2, 0) is 6.42 Å². The van der Waals surface area contributed by atoms with E-state index < -0.39 is 28.9 Å². The van der Waals surface area contributed by atoms with E-state index in [1.165, 1.54) is 0 Å². The molecule has 0 fully saturated rings. The molecule has 0 saturated carbocycles. The summed E-state index contributed by atoms with van der Waals surface area (Å²) in [7, 11) is 0. The van der Waals surface area contributed by atoms with Gasteiger partial charge in [0.05, 0.1) is 5.56 Å². The first-order valence-corrected chi connectivity index (χ1v) is 6.90. The molecule has 2 aromatic rings. The Hall–Kier alpha value is -2.37. The number of unbranched alkanes of at least 4 members (excludes halogenated alkanes) is 1. The van der Waals surface area contributed by atoms with Crippen LogP contribution in [0.25, 0.3) is 0 Å². The molecule has 0 aliphatic rings. The Bertz CT molecular complexity index is 647. The minimum atomic E-state index is -1.63. The number of hydrogen-bond acceptors (Lipinski definition) is 2. The van der Waals surface area contributed by atoms with Gasteiger partial charge in [-0.15, -0.1) is 0 Å². The highest BCUT2D eigenvalue weighted by molar-refractivity contribution is 5.94. The number of aryl methyl sites for hydroxylation is 1. The number of nitrogens with zero attached hydrogens (tertiary/aromatic N) is 1. The molecule has 0 atom stereocenters. The molecule has 1 aromatic heterocycles. The highest BCUT2D eigenvalue weighted by Gasteiger charge is 2.18. The van der Waals surface area contributed by atoms with Gasteiger partial charge in [0.25, 0.3) is 5.91 Å². The lowest BCUT2D eigenvalue weighted by molar-refractivity contribution is 0.0947. The lowest BCUT2D eigenvalue weighted by atomic mass is 10.1.